The molecule has 196 valence electrons. The van der Waals surface area contributed by atoms with Gasteiger partial charge in [0.15, 0.2) is 0 Å². The summed E-state index contributed by atoms with van der Waals surface area (Å²) in [5.74, 6) is 0. The van der Waals surface area contributed by atoms with E-state index in [0.29, 0.717) is 0 Å². The van der Waals surface area contributed by atoms with Crippen LogP contribution in [0.4, 0.5) is 0 Å². The molecule has 0 aliphatic heterocycles. The van der Waals surface area contributed by atoms with Crippen LogP contribution >= 0.6 is 0 Å². The van der Waals surface area contributed by atoms with E-state index in [-0.39, 0.29) is 6.10 Å². The van der Waals surface area contributed by atoms with Crippen LogP contribution in [0, 0.1) is 0 Å². The Morgan fingerprint density at radius 2 is 0.857 bits per heavy atom. The quantitative estimate of drug-likeness (QED) is 0.124. The van der Waals surface area contributed by atoms with Crippen molar-refractivity contribution in [1.29, 1.82) is 0 Å². The second kappa shape index (κ2) is 18.8. The van der Waals surface area contributed by atoms with Gasteiger partial charge in [0.1, 0.15) is 0 Å². The molecule has 2 aromatic carbocycles. The minimum absolute atomic E-state index is 0.239. The first-order valence-corrected chi connectivity index (χ1v) is 17.1. The molecule has 0 spiro atoms. The van der Waals surface area contributed by atoms with E-state index in [2.05, 4.69) is 81.4 Å². The van der Waals surface area contributed by atoms with Crippen molar-refractivity contribution >= 4 is 18.7 Å². The van der Waals surface area contributed by atoms with Gasteiger partial charge in [0.05, 0.1) is 0 Å². The molecular formula is C33H54OSi. The third-order valence-electron chi connectivity index (χ3n) is 7.30. The monoisotopic (exact) mass is 494 g/mol. The zero-order valence-electron chi connectivity index (χ0n) is 23.3. The van der Waals surface area contributed by atoms with Gasteiger partial charge in [-0.15, -0.1) is 0 Å². The highest BCUT2D eigenvalue weighted by atomic mass is 28.4. The van der Waals surface area contributed by atoms with Crippen LogP contribution < -0.4 is 10.4 Å². The first-order valence-electron chi connectivity index (χ1n) is 15.0. The Labute approximate surface area is 219 Å². The van der Waals surface area contributed by atoms with E-state index in [4.69, 9.17) is 4.43 Å². The van der Waals surface area contributed by atoms with Gasteiger partial charge in [-0.25, -0.2) is 0 Å². The fraction of sp³-hybridized carbons (Fsp3) is 0.636. The highest BCUT2D eigenvalue weighted by molar-refractivity contribution is 6.97. The number of benzene rings is 2. The Hall–Kier alpha value is -1.38. The Morgan fingerprint density at radius 1 is 0.514 bits per heavy atom. The van der Waals surface area contributed by atoms with E-state index >= 15 is 0 Å². The highest BCUT2D eigenvalue weighted by Gasteiger charge is 2.39. The van der Waals surface area contributed by atoms with Crippen molar-refractivity contribution in [3.05, 3.63) is 60.7 Å². The van der Waals surface area contributed by atoms with Gasteiger partial charge in [0.2, 0.25) is 0 Å². The summed E-state index contributed by atoms with van der Waals surface area (Å²) in [7, 11) is -2.22. The number of hydrogen-bond donors (Lipinski definition) is 0. The first kappa shape index (κ1) is 29.8. The number of unbranched alkanes of at least 4 members (excludes halogenated alkanes) is 15. The van der Waals surface area contributed by atoms with Crippen molar-refractivity contribution in [3.8, 4) is 0 Å². The van der Waals surface area contributed by atoms with Gasteiger partial charge in [-0.1, -0.05) is 170 Å². The van der Waals surface area contributed by atoms with Gasteiger partial charge in [0, 0.05) is 6.10 Å². The van der Waals surface area contributed by atoms with Crippen LogP contribution in [0.25, 0.3) is 0 Å². The van der Waals surface area contributed by atoms with Gasteiger partial charge < -0.3 is 4.43 Å². The predicted octanol–water partition coefficient (Wildman–Crippen LogP) is 9.43. The van der Waals surface area contributed by atoms with Gasteiger partial charge in [-0.2, -0.15) is 0 Å². The molecule has 0 aliphatic carbocycles. The average molecular weight is 495 g/mol. The third kappa shape index (κ3) is 11.9. The fourth-order valence-corrected chi connectivity index (χ4v) is 9.70. The molecule has 0 heterocycles. The first-order chi connectivity index (χ1) is 17.2. The zero-order valence-corrected chi connectivity index (χ0v) is 24.3. The molecule has 2 rings (SSSR count). The maximum atomic E-state index is 6.87. The Morgan fingerprint density at radius 3 is 1.20 bits per heavy atom. The van der Waals surface area contributed by atoms with Crippen molar-refractivity contribution in [2.24, 2.45) is 0 Å². The summed E-state index contributed by atoms with van der Waals surface area (Å²) in [6, 6.07) is 23.3. The second-order valence-corrected chi connectivity index (χ2v) is 14.3. The van der Waals surface area contributed by atoms with Gasteiger partial charge >= 0.3 is 0 Å². The van der Waals surface area contributed by atoms with Crippen LogP contribution in [0.3, 0.4) is 0 Å². The Bertz CT molecular complexity index is 688. The topological polar surface area (TPSA) is 9.23 Å². The smallest absolute Gasteiger partial charge is 0.256 e. The van der Waals surface area contributed by atoms with Crippen molar-refractivity contribution in [3.63, 3.8) is 0 Å². The standard InChI is InChI=1S/C33H54OSi/c1-4-5-6-7-8-9-10-11-12-13-14-15-16-17-18-25-30-35(34-31(2)3,32-26-21-19-22-27-32)33-28-23-20-24-29-33/h19-24,26-29,31H,4-18,25,30H2,1-3H3. The largest absolute Gasteiger partial charge is 0.406 e. The van der Waals surface area contributed by atoms with Crippen molar-refractivity contribution in [2.45, 2.75) is 136 Å². The molecule has 2 aromatic rings. The molecule has 0 amide bonds. The predicted molar refractivity (Wildman–Crippen MR) is 158 cm³/mol. The van der Waals surface area contributed by atoms with E-state index < -0.39 is 8.32 Å². The fourth-order valence-electron chi connectivity index (χ4n) is 5.39. The molecule has 2 heteroatoms. The normalized spacial score (nSPS) is 11.9. The van der Waals surface area contributed by atoms with Crippen LogP contribution in [0.15, 0.2) is 60.7 Å². The minimum Gasteiger partial charge on any atom is -0.406 e. The lowest BCUT2D eigenvalue weighted by Crippen LogP contribution is -2.61. The molecular weight excluding hydrogens is 440 g/mol. The molecule has 0 aliphatic rings. The van der Waals surface area contributed by atoms with Crippen molar-refractivity contribution in [2.75, 3.05) is 0 Å². The summed E-state index contributed by atoms with van der Waals surface area (Å²) >= 11 is 0. The zero-order chi connectivity index (χ0) is 25.0. The number of hydrogen-bond acceptors (Lipinski definition) is 1. The van der Waals surface area contributed by atoms with Crippen LogP contribution in [-0.2, 0) is 4.43 Å². The van der Waals surface area contributed by atoms with E-state index in [0.717, 1.165) is 0 Å². The maximum absolute atomic E-state index is 6.87. The molecule has 0 atom stereocenters. The summed E-state index contributed by atoms with van der Waals surface area (Å²) < 4.78 is 6.87. The molecule has 1 nitrogen and oxygen atoms in total. The molecule has 0 radical (unpaired) electrons. The molecule has 0 N–H and O–H groups in total. The minimum atomic E-state index is -2.22. The van der Waals surface area contributed by atoms with Gasteiger partial charge in [-0.3, -0.25) is 0 Å². The summed E-state index contributed by atoms with van der Waals surface area (Å²) in [6.45, 7) is 6.69. The highest BCUT2D eigenvalue weighted by Crippen LogP contribution is 2.21. The Kier molecular flexibility index (Phi) is 16.1. The molecule has 0 unspecified atom stereocenters. The molecule has 0 fully saturated rings. The van der Waals surface area contributed by atoms with Crippen molar-refractivity contribution < 1.29 is 4.43 Å². The Balaban J connectivity index is 1.66. The molecule has 0 aromatic heterocycles. The maximum Gasteiger partial charge on any atom is 0.256 e. The molecule has 0 bridgehead atoms. The van der Waals surface area contributed by atoms with Crippen LogP contribution in [0.5, 0.6) is 0 Å². The van der Waals surface area contributed by atoms with Gasteiger partial charge in [0.25, 0.3) is 8.32 Å². The summed E-state index contributed by atoms with van der Waals surface area (Å²) in [5.41, 5.74) is 0. The summed E-state index contributed by atoms with van der Waals surface area (Å²) in [5, 5.41) is 2.83. The van der Waals surface area contributed by atoms with E-state index in [1.54, 1.807) is 0 Å². The number of rotatable bonds is 21. The third-order valence-corrected chi connectivity index (χ3v) is 11.8. The van der Waals surface area contributed by atoms with Crippen LogP contribution in [-0.4, -0.2) is 14.4 Å². The lowest BCUT2D eigenvalue weighted by Gasteiger charge is -2.34. The molecule has 35 heavy (non-hydrogen) atoms. The molecule has 0 saturated carbocycles. The van der Waals surface area contributed by atoms with E-state index in [1.807, 2.05) is 0 Å². The molecule has 0 saturated heterocycles. The second-order valence-electron chi connectivity index (χ2n) is 10.8. The van der Waals surface area contributed by atoms with Crippen molar-refractivity contribution in [1.82, 2.24) is 0 Å². The summed E-state index contributed by atoms with van der Waals surface area (Å²) in [4.78, 5) is 0. The van der Waals surface area contributed by atoms with E-state index in [1.165, 1.54) is 119 Å². The lowest BCUT2D eigenvalue weighted by atomic mass is 10.0. The SMILES string of the molecule is CCCCCCCCCCCCCCCCCC[Si](OC(C)C)(c1ccccc1)c1ccccc1. The van der Waals surface area contributed by atoms with E-state index in [9.17, 15) is 0 Å². The van der Waals surface area contributed by atoms with Crippen LogP contribution in [0.1, 0.15) is 124 Å². The summed E-state index contributed by atoms with van der Waals surface area (Å²) in [6.07, 6.45) is 22.8. The van der Waals surface area contributed by atoms with Gasteiger partial charge in [-0.05, 0) is 30.3 Å². The van der Waals surface area contributed by atoms with Crippen LogP contribution in [0.2, 0.25) is 6.04 Å². The lowest BCUT2D eigenvalue weighted by molar-refractivity contribution is 0.237. The average Bonchev–Trinajstić information content (AvgIpc) is 2.88.